The van der Waals surface area contributed by atoms with Crippen molar-refractivity contribution in [2.75, 3.05) is 0 Å². The maximum absolute atomic E-state index is 10.6. The molecule has 3 heteroatoms. The van der Waals surface area contributed by atoms with Crippen molar-refractivity contribution in [3.63, 3.8) is 0 Å². The zero-order valence-electron chi connectivity index (χ0n) is 8.23. The van der Waals surface area contributed by atoms with Crippen LogP contribution in [0.15, 0.2) is 12.1 Å². The van der Waals surface area contributed by atoms with Crippen LogP contribution >= 0.6 is 11.3 Å². The van der Waals surface area contributed by atoms with E-state index in [1.165, 1.54) is 9.75 Å². The van der Waals surface area contributed by atoms with Crippen LogP contribution in [0.2, 0.25) is 0 Å². The molecule has 1 aromatic rings. The summed E-state index contributed by atoms with van der Waals surface area (Å²) in [6.45, 7) is 2.09. The molecule has 0 N–H and O–H groups in total. The van der Waals surface area contributed by atoms with Gasteiger partial charge in [0.25, 0.3) is 0 Å². The molecule has 0 aliphatic carbocycles. The fraction of sp³-hybridized carbons (Fsp3) is 0.545. The quantitative estimate of drug-likeness (QED) is 0.702. The van der Waals surface area contributed by atoms with E-state index in [0.29, 0.717) is 0 Å². The number of thiophene rings is 1. The minimum atomic E-state index is -0.184. The van der Waals surface area contributed by atoms with Crippen molar-refractivity contribution in [2.24, 2.45) is 0 Å². The summed E-state index contributed by atoms with van der Waals surface area (Å²) in [5, 5.41) is 0. The molecular formula is C11H14O2S. The Labute approximate surface area is 87.9 Å². The maximum atomic E-state index is 10.6. The molecule has 1 aliphatic heterocycles. The lowest BCUT2D eigenvalue weighted by molar-refractivity contribution is -0.126. The molecule has 2 heterocycles. The number of hydrogen-bond acceptors (Lipinski definition) is 3. The van der Waals surface area contributed by atoms with Gasteiger partial charge in [-0.1, -0.05) is 0 Å². The van der Waals surface area contributed by atoms with E-state index in [4.69, 9.17) is 4.74 Å². The fourth-order valence-corrected chi connectivity index (χ4v) is 2.74. The van der Waals surface area contributed by atoms with E-state index >= 15 is 0 Å². The minimum absolute atomic E-state index is 0.151. The number of ether oxygens (including phenoxy) is 1. The van der Waals surface area contributed by atoms with E-state index < -0.39 is 0 Å². The molecule has 2 nitrogen and oxygen atoms in total. The third-order valence-electron chi connectivity index (χ3n) is 2.52. The predicted octanol–water partition coefficient (Wildman–Crippen LogP) is 2.87. The molecule has 1 fully saturated rings. The van der Waals surface area contributed by atoms with Crippen LogP contribution in [0.25, 0.3) is 0 Å². The van der Waals surface area contributed by atoms with Gasteiger partial charge in [-0.2, -0.15) is 0 Å². The molecule has 1 saturated heterocycles. The van der Waals surface area contributed by atoms with Crippen molar-refractivity contribution in [1.82, 2.24) is 0 Å². The van der Waals surface area contributed by atoms with Crippen molar-refractivity contribution in [2.45, 2.75) is 38.4 Å². The van der Waals surface area contributed by atoms with Gasteiger partial charge in [-0.05, 0) is 38.3 Å². The molecule has 0 bridgehead atoms. The highest BCUT2D eigenvalue weighted by atomic mass is 32.1. The Kier molecular flexibility index (Phi) is 2.99. The van der Waals surface area contributed by atoms with E-state index in [1.807, 2.05) is 0 Å². The van der Waals surface area contributed by atoms with Crippen LogP contribution in [0, 0.1) is 6.92 Å². The Morgan fingerprint density at radius 3 is 3.00 bits per heavy atom. The summed E-state index contributed by atoms with van der Waals surface area (Å²) in [7, 11) is 0. The Morgan fingerprint density at radius 2 is 2.36 bits per heavy atom. The largest absolute Gasteiger partial charge is 0.362 e. The summed E-state index contributed by atoms with van der Waals surface area (Å²) >= 11 is 1.77. The predicted molar refractivity (Wildman–Crippen MR) is 56.6 cm³/mol. The second-order valence-corrected chi connectivity index (χ2v) is 5.00. The van der Waals surface area contributed by atoms with Crippen LogP contribution in [0.4, 0.5) is 0 Å². The molecule has 0 aromatic carbocycles. The van der Waals surface area contributed by atoms with Crippen molar-refractivity contribution in [1.29, 1.82) is 0 Å². The first-order valence-corrected chi connectivity index (χ1v) is 5.78. The summed E-state index contributed by atoms with van der Waals surface area (Å²) in [4.78, 5) is 13.2. The molecule has 2 atom stereocenters. The Bertz CT molecular complexity index is 319. The minimum Gasteiger partial charge on any atom is -0.362 e. The van der Waals surface area contributed by atoms with Gasteiger partial charge in [0.05, 0.1) is 6.10 Å². The number of carbonyl (C=O) groups is 1. The number of rotatable bonds is 2. The molecule has 14 heavy (non-hydrogen) atoms. The summed E-state index contributed by atoms with van der Waals surface area (Å²) < 4.78 is 5.68. The third kappa shape index (κ3) is 2.04. The van der Waals surface area contributed by atoms with Crippen LogP contribution in [0.5, 0.6) is 0 Å². The summed E-state index contributed by atoms with van der Waals surface area (Å²) in [6, 6.07) is 4.21. The van der Waals surface area contributed by atoms with E-state index in [1.54, 1.807) is 11.3 Å². The second kappa shape index (κ2) is 4.24. The first-order chi connectivity index (χ1) is 6.79. The number of aldehydes is 1. The van der Waals surface area contributed by atoms with Gasteiger partial charge in [0, 0.05) is 9.75 Å². The molecule has 0 spiro atoms. The Balaban J connectivity index is 2.07. The second-order valence-electron chi connectivity index (χ2n) is 3.68. The molecule has 1 aliphatic rings. The standard InChI is InChI=1S/C11H14O2S/c1-8-5-6-11(14-8)10-4-2-3-9(7-12)13-10/h5-7,9-10H,2-4H2,1H3. The molecule has 0 amide bonds. The highest BCUT2D eigenvalue weighted by molar-refractivity contribution is 7.12. The van der Waals surface area contributed by atoms with Crippen LogP contribution < -0.4 is 0 Å². The van der Waals surface area contributed by atoms with E-state index in [2.05, 4.69) is 19.1 Å². The van der Waals surface area contributed by atoms with Crippen LogP contribution in [-0.4, -0.2) is 12.4 Å². The van der Waals surface area contributed by atoms with E-state index in [9.17, 15) is 4.79 Å². The van der Waals surface area contributed by atoms with E-state index in [-0.39, 0.29) is 12.2 Å². The molecule has 1 aromatic heterocycles. The highest BCUT2D eigenvalue weighted by Gasteiger charge is 2.23. The van der Waals surface area contributed by atoms with E-state index in [0.717, 1.165) is 25.5 Å². The lowest BCUT2D eigenvalue weighted by Gasteiger charge is -2.26. The van der Waals surface area contributed by atoms with Gasteiger partial charge in [-0.25, -0.2) is 0 Å². The molecule has 0 radical (unpaired) electrons. The molecule has 76 valence electrons. The maximum Gasteiger partial charge on any atom is 0.148 e. The van der Waals surface area contributed by atoms with Crippen molar-refractivity contribution in [3.8, 4) is 0 Å². The Morgan fingerprint density at radius 1 is 1.50 bits per heavy atom. The number of aryl methyl sites for hydroxylation is 1. The third-order valence-corrected chi connectivity index (χ3v) is 3.62. The molecule has 2 rings (SSSR count). The van der Waals surface area contributed by atoms with Crippen LogP contribution in [0.1, 0.15) is 35.1 Å². The normalized spacial score (nSPS) is 27.5. The average Bonchev–Trinajstić information content (AvgIpc) is 2.65. The smallest absolute Gasteiger partial charge is 0.148 e. The molecule has 0 saturated carbocycles. The fourth-order valence-electron chi connectivity index (χ4n) is 1.79. The molecule has 2 unspecified atom stereocenters. The monoisotopic (exact) mass is 210 g/mol. The average molecular weight is 210 g/mol. The van der Waals surface area contributed by atoms with Crippen molar-refractivity contribution < 1.29 is 9.53 Å². The van der Waals surface area contributed by atoms with Gasteiger partial charge >= 0.3 is 0 Å². The number of carbonyl (C=O) groups excluding carboxylic acids is 1. The molecular weight excluding hydrogens is 196 g/mol. The van der Waals surface area contributed by atoms with Gasteiger partial charge < -0.3 is 9.53 Å². The summed E-state index contributed by atoms with van der Waals surface area (Å²) in [6.07, 6.45) is 3.90. The number of hydrogen-bond donors (Lipinski definition) is 0. The van der Waals surface area contributed by atoms with Crippen molar-refractivity contribution in [3.05, 3.63) is 21.9 Å². The first-order valence-electron chi connectivity index (χ1n) is 4.96. The van der Waals surface area contributed by atoms with Crippen LogP contribution in [0.3, 0.4) is 0 Å². The zero-order valence-corrected chi connectivity index (χ0v) is 9.05. The van der Waals surface area contributed by atoms with Gasteiger partial charge in [-0.15, -0.1) is 11.3 Å². The lowest BCUT2D eigenvalue weighted by Crippen LogP contribution is -2.22. The topological polar surface area (TPSA) is 26.3 Å². The van der Waals surface area contributed by atoms with Gasteiger partial charge in [0.15, 0.2) is 0 Å². The SMILES string of the molecule is Cc1ccc(C2CCCC(C=O)O2)s1. The van der Waals surface area contributed by atoms with Gasteiger partial charge in [-0.3, -0.25) is 0 Å². The first kappa shape index (κ1) is 9.87. The van der Waals surface area contributed by atoms with Crippen molar-refractivity contribution >= 4 is 17.6 Å². The lowest BCUT2D eigenvalue weighted by atomic mass is 10.0. The zero-order chi connectivity index (χ0) is 9.97. The highest BCUT2D eigenvalue weighted by Crippen LogP contribution is 2.34. The Hall–Kier alpha value is -0.670. The summed E-state index contributed by atoms with van der Waals surface area (Å²) in [5.41, 5.74) is 0. The summed E-state index contributed by atoms with van der Waals surface area (Å²) in [5.74, 6) is 0. The van der Waals surface area contributed by atoms with Crippen LogP contribution in [-0.2, 0) is 9.53 Å². The van der Waals surface area contributed by atoms with Gasteiger partial charge in [0.2, 0.25) is 0 Å². The van der Waals surface area contributed by atoms with Gasteiger partial charge in [0.1, 0.15) is 12.4 Å².